The zero-order chi connectivity index (χ0) is 17.4. The average molecular weight is 340 g/mol. The predicted octanol–water partition coefficient (Wildman–Crippen LogP) is 0.937. The maximum absolute atomic E-state index is 12.3. The second-order valence-corrected chi connectivity index (χ2v) is 9.26. The fourth-order valence-electron chi connectivity index (χ4n) is 2.52. The standard InChI is InChI=1S/C15H24N4O3S/c1-10-16-12(14(20)18-15(2,3)4)8-13(17-10)19(5)11-6-7-23(21,22)9-11/h8,11H,6-7,9H2,1-5H3,(H,18,20). The Kier molecular flexibility index (Phi) is 4.66. The first kappa shape index (κ1) is 17.7. The lowest BCUT2D eigenvalue weighted by molar-refractivity contribution is 0.0914. The Labute approximate surface area is 137 Å². The Morgan fingerprint density at radius 3 is 2.52 bits per heavy atom. The van der Waals surface area contributed by atoms with E-state index in [-0.39, 0.29) is 34.7 Å². The molecule has 0 radical (unpaired) electrons. The summed E-state index contributed by atoms with van der Waals surface area (Å²) in [6.07, 6.45) is 0.575. The molecule has 1 fully saturated rings. The predicted molar refractivity (Wildman–Crippen MR) is 89.5 cm³/mol. The van der Waals surface area contributed by atoms with Crippen LogP contribution >= 0.6 is 0 Å². The van der Waals surface area contributed by atoms with Gasteiger partial charge in [-0.1, -0.05) is 0 Å². The van der Waals surface area contributed by atoms with Crippen molar-refractivity contribution in [2.75, 3.05) is 23.5 Å². The van der Waals surface area contributed by atoms with E-state index in [0.717, 1.165) is 0 Å². The third-order valence-electron chi connectivity index (χ3n) is 3.66. The van der Waals surface area contributed by atoms with Crippen molar-refractivity contribution in [3.63, 3.8) is 0 Å². The SMILES string of the molecule is Cc1nc(C(=O)NC(C)(C)C)cc(N(C)C2CCS(=O)(=O)C2)n1. The molecule has 1 atom stereocenters. The van der Waals surface area contributed by atoms with E-state index < -0.39 is 9.84 Å². The molecule has 2 rings (SSSR count). The number of hydrogen-bond acceptors (Lipinski definition) is 6. The molecule has 7 nitrogen and oxygen atoms in total. The van der Waals surface area contributed by atoms with Crippen LogP contribution in [0.2, 0.25) is 0 Å². The Hall–Kier alpha value is -1.70. The minimum absolute atomic E-state index is 0.118. The van der Waals surface area contributed by atoms with Crippen LogP contribution in [0.1, 0.15) is 43.5 Å². The summed E-state index contributed by atoms with van der Waals surface area (Å²) in [5, 5.41) is 2.87. The fraction of sp³-hybridized carbons (Fsp3) is 0.667. The average Bonchev–Trinajstić information content (AvgIpc) is 2.75. The van der Waals surface area contributed by atoms with Crippen LogP contribution in [0.3, 0.4) is 0 Å². The van der Waals surface area contributed by atoms with Gasteiger partial charge in [0.15, 0.2) is 9.84 Å². The van der Waals surface area contributed by atoms with Gasteiger partial charge in [-0.25, -0.2) is 18.4 Å². The number of amides is 1. The molecule has 23 heavy (non-hydrogen) atoms. The number of rotatable bonds is 3. The van der Waals surface area contributed by atoms with Crippen LogP contribution in [0.25, 0.3) is 0 Å². The zero-order valence-corrected chi connectivity index (χ0v) is 15.1. The minimum atomic E-state index is -2.97. The van der Waals surface area contributed by atoms with Crippen molar-refractivity contribution in [1.82, 2.24) is 15.3 Å². The van der Waals surface area contributed by atoms with Gasteiger partial charge in [-0.3, -0.25) is 4.79 Å². The summed E-state index contributed by atoms with van der Waals surface area (Å²) in [7, 11) is -1.17. The van der Waals surface area contributed by atoms with Crippen LogP contribution < -0.4 is 10.2 Å². The lowest BCUT2D eigenvalue weighted by atomic mass is 10.1. The topological polar surface area (TPSA) is 92.3 Å². The van der Waals surface area contributed by atoms with Crippen LogP contribution in [-0.4, -0.2) is 54.4 Å². The molecule has 1 aromatic rings. The van der Waals surface area contributed by atoms with E-state index in [2.05, 4.69) is 15.3 Å². The first-order chi connectivity index (χ1) is 10.5. The van der Waals surface area contributed by atoms with Gasteiger partial charge < -0.3 is 10.2 Å². The maximum Gasteiger partial charge on any atom is 0.270 e. The molecule has 128 valence electrons. The summed E-state index contributed by atoms with van der Waals surface area (Å²) < 4.78 is 23.3. The quantitative estimate of drug-likeness (QED) is 0.880. The largest absolute Gasteiger partial charge is 0.356 e. The number of hydrogen-bond donors (Lipinski definition) is 1. The van der Waals surface area contributed by atoms with E-state index in [1.54, 1.807) is 20.0 Å². The highest BCUT2D eigenvalue weighted by Gasteiger charge is 2.31. The molecular weight excluding hydrogens is 316 g/mol. The molecule has 0 aliphatic carbocycles. The monoisotopic (exact) mass is 340 g/mol. The Morgan fingerprint density at radius 1 is 1.35 bits per heavy atom. The number of aromatic nitrogens is 2. The third-order valence-corrected chi connectivity index (χ3v) is 5.41. The van der Waals surface area contributed by atoms with Crippen LogP contribution in [0, 0.1) is 6.92 Å². The van der Waals surface area contributed by atoms with E-state index in [9.17, 15) is 13.2 Å². The van der Waals surface area contributed by atoms with E-state index in [0.29, 0.717) is 18.1 Å². The van der Waals surface area contributed by atoms with Gasteiger partial charge in [0, 0.05) is 24.7 Å². The molecule has 1 amide bonds. The Balaban J connectivity index is 2.25. The number of nitrogens with one attached hydrogen (secondary N) is 1. The minimum Gasteiger partial charge on any atom is -0.356 e. The summed E-state index contributed by atoms with van der Waals surface area (Å²) in [5.74, 6) is 1.10. The summed E-state index contributed by atoms with van der Waals surface area (Å²) in [6, 6.07) is 1.49. The highest BCUT2D eigenvalue weighted by molar-refractivity contribution is 7.91. The van der Waals surface area contributed by atoms with Gasteiger partial charge in [0.1, 0.15) is 17.3 Å². The summed E-state index contributed by atoms with van der Waals surface area (Å²) >= 11 is 0. The summed E-state index contributed by atoms with van der Waals surface area (Å²) in [5.41, 5.74) is -0.0724. The van der Waals surface area contributed by atoms with Gasteiger partial charge in [0.05, 0.1) is 11.5 Å². The molecule has 1 saturated heterocycles. The van der Waals surface area contributed by atoms with Gasteiger partial charge in [-0.15, -0.1) is 0 Å². The van der Waals surface area contributed by atoms with E-state index in [4.69, 9.17) is 0 Å². The fourth-order valence-corrected chi connectivity index (χ4v) is 4.30. The van der Waals surface area contributed by atoms with E-state index in [1.807, 2.05) is 25.7 Å². The molecule has 0 aromatic carbocycles. The van der Waals surface area contributed by atoms with E-state index >= 15 is 0 Å². The molecule has 8 heteroatoms. The molecule has 1 N–H and O–H groups in total. The van der Waals surface area contributed by atoms with Crippen LogP contribution in [0.5, 0.6) is 0 Å². The van der Waals surface area contributed by atoms with Gasteiger partial charge in [-0.05, 0) is 34.1 Å². The number of sulfone groups is 1. The van der Waals surface area contributed by atoms with Crippen molar-refractivity contribution in [3.8, 4) is 0 Å². The number of aryl methyl sites for hydroxylation is 1. The first-order valence-electron chi connectivity index (χ1n) is 7.58. The van der Waals surface area contributed by atoms with Crippen LogP contribution in [0.4, 0.5) is 5.82 Å². The summed E-state index contributed by atoms with van der Waals surface area (Å²) in [6.45, 7) is 7.41. The van der Waals surface area contributed by atoms with Gasteiger partial charge in [0.25, 0.3) is 5.91 Å². The molecule has 0 bridgehead atoms. The van der Waals surface area contributed by atoms with Crippen LogP contribution in [0.15, 0.2) is 6.07 Å². The molecular formula is C15H24N4O3S. The Bertz CT molecular complexity index is 710. The van der Waals surface area contributed by atoms with Gasteiger partial charge in [0.2, 0.25) is 0 Å². The van der Waals surface area contributed by atoms with Crippen molar-refractivity contribution in [2.24, 2.45) is 0 Å². The van der Waals surface area contributed by atoms with Crippen molar-refractivity contribution >= 4 is 21.6 Å². The number of carbonyl (C=O) groups excluding carboxylic acids is 1. The first-order valence-corrected chi connectivity index (χ1v) is 9.40. The highest BCUT2D eigenvalue weighted by Crippen LogP contribution is 2.22. The Morgan fingerprint density at radius 2 is 2.00 bits per heavy atom. The summed E-state index contributed by atoms with van der Waals surface area (Å²) in [4.78, 5) is 22.7. The second-order valence-electron chi connectivity index (χ2n) is 7.03. The number of anilines is 1. The van der Waals surface area contributed by atoms with Crippen molar-refractivity contribution < 1.29 is 13.2 Å². The lowest BCUT2D eigenvalue weighted by Crippen LogP contribution is -2.41. The van der Waals surface area contributed by atoms with Gasteiger partial charge in [-0.2, -0.15) is 0 Å². The molecule has 2 heterocycles. The maximum atomic E-state index is 12.3. The molecule has 0 spiro atoms. The molecule has 1 aromatic heterocycles. The third kappa shape index (κ3) is 4.63. The molecule has 1 aliphatic rings. The van der Waals surface area contributed by atoms with Crippen molar-refractivity contribution in [2.45, 2.75) is 45.7 Å². The van der Waals surface area contributed by atoms with Crippen molar-refractivity contribution in [3.05, 3.63) is 17.6 Å². The van der Waals surface area contributed by atoms with Gasteiger partial charge >= 0.3 is 0 Å². The van der Waals surface area contributed by atoms with Crippen molar-refractivity contribution in [1.29, 1.82) is 0 Å². The molecule has 0 saturated carbocycles. The second kappa shape index (κ2) is 6.07. The zero-order valence-electron chi connectivity index (χ0n) is 14.3. The number of carbonyl (C=O) groups is 1. The molecule has 1 unspecified atom stereocenters. The highest BCUT2D eigenvalue weighted by atomic mass is 32.2. The van der Waals surface area contributed by atoms with E-state index in [1.165, 1.54) is 0 Å². The van der Waals surface area contributed by atoms with Crippen LogP contribution in [-0.2, 0) is 9.84 Å². The lowest BCUT2D eigenvalue weighted by Gasteiger charge is -2.25. The molecule has 1 aliphatic heterocycles. The normalized spacial score (nSPS) is 20.3. The smallest absolute Gasteiger partial charge is 0.270 e. The number of nitrogens with zero attached hydrogens (tertiary/aromatic N) is 3.